The molecular formula is C10H9ClN4O. The van der Waals surface area contributed by atoms with Gasteiger partial charge in [-0.2, -0.15) is 5.10 Å². The highest BCUT2D eigenvalue weighted by Gasteiger charge is 2.15. The Morgan fingerprint density at radius 2 is 2.19 bits per heavy atom. The number of amides is 1. The number of nitrogen functional groups attached to an aromatic ring is 1. The van der Waals surface area contributed by atoms with Gasteiger partial charge in [0.25, 0.3) is 5.91 Å². The van der Waals surface area contributed by atoms with Gasteiger partial charge in [0.2, 0.25) is 0 Å². The summed E-state index contributed by atoms with van der Waals surface area (Å²) in [5.41, 5.74) is 11.9. The SMILES string of the molecule is NC(=O)c1cc(N)cc(Cl)c1-n1cccn1. The van der Waals surface area contributed by atoms with Crippen LogP contribution in [0, 0.1) is 0 Å². The third-order valence-corrected chi connectivity index (χ3v) is 2.37. The minimum absolute atomic E-state index is 0.244. The minimum atomic E-state index is -0.597. The van der Waals surface area contributed by atoms with Gasteiger partial charge < -0.3 is 11.5 Å². The highest BCUT2D eigenvalue weighted by molar-refractivity contribution is 6.33. The molecule has 2 rings (SSSR count). The lowest BCUT2D eigenvalue weighted by Crippen LogP contribution is -2.16. The Balaban J connectivity index is 2.72. The molecule has 0 bridgehead atoms. The summed E-state index contributed by atoms with van der Waals surface area (Å²) in [6.07, 6.45) is 3.25. The van der Waals surface area contributed by atoms with Crippen molar-refractivity contribution < 1.29 is 4.79 Å². The molecule has 0 fully saturated rings. The van der Waals surface area contributed by atoms with Crippen LogP contribution in [0.2, 0.25) is 5.02 Å². The van der Waals surface area contributed by atoms with Crippen LogP contribution < -0.4 is 11.5 Å². The second kappa shape index (κ2) is 3.86. The minimum Gasteiger partial charge on any atom is -0.399 e. The average molecular weight is 237 g/mol. The van der Waals surface area contributed by atoms with Crippen LogP contribution in [0.3, 0.4) is 0 Å². The van der Waals surface area contributed by atoms with Gasteiger partial charge in [0.15, 0.2) is 0 Å². The van der Waals surface area contributed by atoms with Gasteiger partial charge in [-0.15, -0.1) is 0 Å². The summed E-state index contributed by atoms with van der Waals surface area (Å²) in [4.78, 5) is 11.3. The van der Waals surface area contributed by atoms with Gasteiger partial charge in [0.1, 0.15) is 0 Å². The second-order valence-corrected chi connectivity index (χ2v) is 3.62. The summed E-state index contributed by atoms with van der Waals surface area (Å²) < 4.78 is 1.47. The van der Waals surface area contributed by atoms with E-state index >= 15 is 0 Å². The van der Waals surface area contributed by atoms with Gasteiger partial charge in [-0.1, -0.05) is 11.6 Å². The van der Waals surface area contributed by atoms with Crippen molar-refractivity contribution in [1.29, 1.82) is 0 Å². The van der Waals surface area contributed by atoms with Crippen LogP contribution in [0.15, 0.2) is 30.6 Å². The number of carbonyl (C=O) groups is 1. The number of hydrogen-bond acceptors (Lipinski definition) is 3. The number of nitrogens with zero attached hydrogens (tertiary/aromatic N) is 2. The first-order chi connectivity index (χ1) is 7.59. The van der Waals surface area contributed by atoms with E-state index in [-0.39, 0.29) is 5.56 Å². The second-order valence-electron chi connectivity index (χ2n) is 3.21. The lowest BCUT2D eigenvalue weighted by Gasteiger charge is -2.10. The average Bonchev–Trinajstić information content (AvgIpc) is 2.69. The zero-order chi connectivity index (χ0) is 11.7. The van der Waals surface area contributed by atoms with Crippen molar-refractivity contribution >= 4 is 23.2 Å². The molecule has 5 nitrogen and oxygen atoms in total. The third kappa shape index (κ3) is 1.72. The summed E-state index contributed by atoms with van der Waals surface area (Å²) >= 11 is 6.02. The Morgan fingerprint density at radius 3 is 2.75 bits per heavy atom. The molecule has 0 atom stereocenters. The van der Waals surface area contributed by atoms with Crippen LogP contribution in [0.4, 0.5) is 5.69 Å². The molecule has 0 spiro atoms. The number of benzene rings is 1. The molecule has 0 aliphatic rings. The predicted octanol–water partition coefficient (Wildman–Crippen LogP) is 1.21. The molecule has 0 unspecified atom stereocenters. The highest BCUT2D eigenvalue weighted by atomic mass is 35.5. The maximum Gasteiger partial charge on any atom is 0.251 e. The number of primary amides is 1. The molecule has 82 valence electrons. The fourth-order valence-electron chi connectivity index (χ4n) is 1.44. The van der Waals surface area contributed by atoms with Crippen molar-refractivity contribution in [1.82, 2.24) is 9.78 Å². The number of nitrogens with two attached hydrogens (primary N) is 2. The number of aromatic nitrogens is 2. The molecular weight excluding hydrogens is 228 g/mol. The largest absolute Gasteiger partial charge is 0.399 e. The molecule has 0 aliphatic carbocycles. The van der Waals surface area contributed by atoms with E-state index in [2.05, 4.69) is 5.10 Å². The van der Waals surface area contributed by atoms with Crippen LogP contribution in [0.25, 0.3) is 5.69 Å². The summed E-state index contributed by atoms with van der Waals surface area (Å²) in [7, 11) is 0. The van der Waals surface area contributed by atoms with E-state index in [0.29, 0.717) is 16.4 Å². The number of anilines is 1. The van der Waals surface area contributed by atoms with E-state index in [9.17, 15) is 4.79 Å². The molecule has 16 heavy (non-hydrogen) atoms. The molecule has 0 saturated carbocycles. The predicted molar refractivity (Wildman–Crippen MR) is 61.5 cm³/mol. The van der Waals surface area contributed by atoms with Crippen molar-refractivity contribution in [3.05, 3.63) is 41.2 Å². The molecule has 1 amide bonds. The van der Waals surface area contributed by atoms with Gasteiger partial charge in [-0.05, 0) is 18.2 Å². The van der Waals surface area contributed by atoms with Crippen molar-refractivity contribution in [3.8, 4) is 5.69 Å². The number of hydrogen-bond donors (Lipinski definition) is 2. The lowest BCUT2D eigenvalue weighted by molar-refractivity contribution is 0.1000. The molecule has 2 aromatic rings. The molecule has 0 aliphatic heterocycles. The Labute approximate surface area is 96.6 Å². The fourth-order valence-corrected chi connectivity index (χ4v) is 1.76. The summed E-state index contributed by atoms with van der Waals surface area (Å²) in [5.74, 6) is -0.597. The van der Waals surface area contributed by atoms with Gasteiger partial charge in [-0.3, -0.25) is 4.79 Å². The van der Waals surface area contributed by atoms with Crippen molar-refractivity contribution in [2.45, 2.75) is 0 Å². The molecule has 1 aromatic heterocycles. The molecule has 1 aromatic carbocycles. The normalized spacial score (nSPS) is 10.3. The summed E-state index contributed by atoms with van der Waals surface area (Å²) in [5, 5.41) is 4.33. The maximum absolute atomic E-state index is 11.3. The fraction of sp³-hybridized carbons (Fsp3) is 0. The standard InChI is InChI=1S/C10H9ClN4O/c11-8-5-6(12)4-7(10(13)16)9(8)15-3-1-2-14-15/h1-5H,12H2,(H2,13,16). The number of rotatable bonds is 2. The Bertz CT molecular complexity index is 536. The van der Waals surface area contributed by atoms with Crippen LogP contribution >= 0.6 is 11.6 Å². The molecule has 6 heteroatoms. The quantitative estimate of drug-likeness (QED) is 0.769. The third-order valence-electron chi connectivity index (χ3n) is 2.08. The zero-order valence-corrected chi connectivity index (χ0v) is 8.98. The van der Waals surface area contributed by atoms with Gasteiger partial charge in [-0.25, -0.2) is 4.68 Å². The summed E-state index contributed by atoms with van der Waals surface area (Å²) in [6, 6.07) is 4.74. The number of carbonyl (C=O) groups excluding carboxylic acids is 1. The summed E-state index contributed by atoms with van der Waals surface area (Å²) in [6.45, 7) is 0. The Morgan fingerprint density at radius 1 is 1.44 bits per heavy atom. The van der Waals surface area contributed by atoms with E-state index in [1.807, 2.05) is 0 Å². The first-order valence-electron chi connectivity index (χ1n) is 4.48. The van der Waals surface area contributed by atoms with E-state index in [1.165, 1.54) is 10.7 Å². The lowest BCUT2D eigenvalue weighted by atomic mass is 10.1. The van der Waals surface area contributed by atoms with Crippen molar-refractivity contribution in [2.24, 2.45) is 5.73 Å². The van der Waals surface area contributed by atoms with Crippen LogP contribution in [0.1, 0.15) is 10.4 Å². The molecule has 1 heterocycles. The Hall–Kier alpha value is -2.01. The Kier molecular flexibility index (Phi) is 2.54. The molecule has 0 radical (unpaired) electrons. The van der Waals surface area contributed by atoms with Crippen molar-refractivity contribution in [3.63, 3.8) is 0 Å². The zero-order valence-electron chi connectivity index (χ0n) is 8.22. The van der Waals surface area contributed by atoms with Crippen LogP contribution in [0.5, 0.6) is 0 Å². The first-order valence-corrected chi connectivity index (χ1v) is 4.86. The smallest absolute Gasteiger partial charge is 0.251 e. The number of halogens is 1. The highest BCUT2D eigenvalue weighted by Crippen LogP contribution is 2.26. The molecule has 4 N–H and O–H groups in total. The first kappa shape index (κ1) is 10.5. The monoisotopic (exact) mass is 236 g/mol. The van der Waals surface area contributed by atoms with Crippen LogP contribution in [-0.4, -0.2) is 15.7 Å². The van der Waals surface area contributed by atoms with E-state index in [0.717, 1.165) is 0 Å². The maximum atomic E-state index is 11.3. The van der Waals surface area contributed by atoms with Gasteiger partial charge in [0, 0.05) is 18.1 Å². The van der Waals surface area contributed by atoms with Crippen LogP contribution in [-0.2, 0) is 0 Å². The topological polar surface area (TPSA) is 86.9 Å². The van der Waals surface area contributed by atoms with Crippen molar-refractivity contribution in [2.75, 3.05) is 5.73 Å². The molecule has 0 saturated heterocycles. The van der Waals surface area contributed by atoms with Gasteiger partial charge in [0.05, 0.1) is 16.3 Å². The van der Waals surface area contributed by atoms with E-state index in [4.69, 9.17) is 23.1 Å². The van der Waals surface area contributed by atoms with E-state index < -0.39 is 5.91 Å². The van der Waals surface area contributed by atoms with Gasteiger partial charge >= 0.3 is 0 Å². The van der Waals surface area contributed by atoms with E-state index in [1.54, 1.807) is 24.5 Å².